The van der Waals surface area contributed by atoms with Crippen LogP contribution in [0.2, 0.25) is 0 Å². The highest BCUT2D eigenvalue weighted by Gasteiger charge is 1.92. The lowest BCUT2D eigenvalue weighted by Crippen LogP contribution is -1.75. The molecule has 0 radical (unpaired) electrons. The normalized spacial score (nSPS) is 7.33. The van der Waals surface area contributed by atoms with Crippen LogP contribution in [-0.4, -0.2) is 0 Å². The first-order valence-electron chi connectivity index (χ1n) is 8.65. The summed E-state index contributed by atoms with van der Waals surface area (Å²) in [6.45, 7) is 12.5. The van der Waals surface area contributed by atoms with Crippen LogP contribution >= 0.6 is 0 Å². The van der Waals surface area contributed by atoms with Crippen LogP contribution in [-0.2, 0) is 0 Å². The van der Waals surface area contributed by atoms with Gasteiger partial charge in [-0.25, -0.2) is 0 Å². The first-order chi connectivity index (χ1) is 11.2. The highest BCUT2D eigenvalue weighted by Crippen LogP contribution is 2.16. The van der Waals surface area contributed by atoms with Crippen LogP contribution in [0.4, 0.5) is 0 Å². The molecular weight excluding hydrogens is 324 g/mol. The molecule has 0 spiro atoms. The fraction of sp³-hybridized carbons (Fsp3) is 0.407. The minimum Gasteiger partial charge on any atom is -0.0776 e. The van der Waals surface area contributed by atoms with Crippen LogP contribution in [0.15, 0.2) is 72.8 Å². The summed E-state index contributed by atoms with van der Waals surface area (Å²) >= 11 is 0. The molecule has 3 rings (SSSR count). The molecular formula is C27H48. The highest BCUT2D eigenvalue weighted by atomic mass is 14.0. The van der Waals surface area contributed by atoms with Gasteiger partial charge in [0.1, 0.15) is 0 Å². The number of hydrogen-bond donors (Lipinski definition) is 0. The number of rotatable bonds is 0. The molecule has 3 aromatic rings. The maximum Gasteiger partial charge on any atom is -0.0155 e. The van der Waals surface area contributed by atoms with Crippen molar-refractivity contribution < 1.29 is 0 Å². The quantitative estimate of drug-likeness (QED) is 0.368. The molecule has 0 unspecified atom stereocenters. The molecule has 0 aliphatic carbocycles. The standard InChI is InChI=1S/C11H10.C7H8.C3H8.C2H6.4CH4/c1-9-5-4-7-10-6-2-3-8-11(9)10;1-7-5-3-2-4-6-7;1-3-2;1-2;;;;/h2-8H,1H3;2-6H,1H3;3H2,1-2H3;1-2H3;4*1H4. The van der Waals surface area contributed by atoms with E-state index in [1.165, 1.54) is 28.3 Å². The van der Waals surface area contributed by atoms with Crippen LogP contribution in [0.5, 0.6) is 0 Å². The van der Waals surface area contributed by atoms with E-state index in [0.29, 0.717) is 0 Å². The maximum atomic E-state index is 2.16. The summed E-state index contributed by atoms with van der Waals surface area (Å²) in [6.07, 6.45) is 1.25. The molecule has 0 aliphatic heterocycles. The fourth-order valence-electron chi connectivity index (χ4n) is 1.92. The summed E-state index contributed by atoms with van der Waals surface area (Å²) in [5.74, 6) is 0. The minimum atomic E-state index is 0. The van der Waals surface area contributed by atoms with Gasteiger partial charge in [-0.1, -0.05) is 142 Å². The molecule has 0 aromatic heterocycles. The summed E-state index contributed by atoms with van der Waals surface area (Å²) < 4.78 is 0. The van der Waals surface area contributed by atoms with Crippen LogP contribution in [0.3, 0.4) is 0 Å². The van der Waals surface area contributed by atoms with Crippen LogP contribution in [0, 0.1) is 13.8 Å². The molecule has 0 fully saturated rings. The highest BCUT2D eigenvalue weighted by molar-refractivity contribution is 5.85. The summed E-state index contributed by atoms with van der Waals surface area (Å²) in [4.78, 5) is 0. The Morgan fingerprint density at radius 2 is 0.963 bits per heavy atom. The van der Waals surface area contributed by atoms with Crippen molar-refractivity contribution in [3.05, 3.63) is 83.9 Å². The van der Waals surface area contributed by atoms with Crippen molar-refractivity contribution in [1.82, 2.24) is 0 Å². The number of aryl methyl sites for hydroxylation is 2. The summed E-state index contributed by atoms with van der Waals surface area (Å²) in [7, 11) is 0. The van der Waals surface area contributed by atoms with E-state index in [4.69, 9.17) is 0 Å². The fourth-order valence-corrected chi connectivity index (χ4v) is 1.92. The topological polar surface area (TPSA) is 0 Å². The van der Waals surface area contributed by atoms with E-state index >= 15 is 0 Å². The second kappa shape index (κ2) is 23.9. The predicted molar refractivity (Wildman–Crippen MR) is 134 cm³/mol. The van der Waals surface area contributed by atoms with Crippen molar-refractivity contribution in [2.75, 3.05) is 0 Å². The summed E-state index contributed by atoms with van der Waals surface area (Å²) in [5.41, 5.74) is 2.67. The van der Waals surface area contributed by atoms with E-state index in [-0.39, 0.29) is 29.7 Å². The average Bonchev–Trinajstić information content (AvgIpc) is 2.59. The third-order valence-corrected chi connectivity index (χ3v) is 2.95. The molecule has 0 nitrogen and oxygen atoms in total. The molecule has 0 N–H and O–H groups in total. The molecule has 0 bridgehead atoms. The molecule has 0 atom stereocenters. The van der Waals surface area contributed by atoms with Crippen LogP contribution in [0.25, 0.3) is 10.8 Å². The van der Waals surface area contributed by atoms with Gasteiger partial charge in [0.15, 0.2) is 0 Å². The summed E-state index contributed by atoms with van der Waals surface area (Å²) in [6, 6.07) is 25.1. The van der Waals surface area contributed by atoms with Gasteiger partial charge >= 0.3 is 0 Å². The lowest BCUT2D eigenvalue weighted by atomic mass is 10.1. The Kier molecular flexibility index (Phi) is 31.8. The third kappa shape index (κ3) is 15.9. The van der Waals surface area contributed by atoms with E-state index in [1.807, 2.05) is 32.0 Å². The molecule has 0 saturated heterocycles. The van der Waals surface area contributed by atoms with E-state index in [9.17, 15) is 0 Å². The Morgan fingerprint density at radius 1 is 0.556 bits per heavy atom. The van der Waals surface area contributed by atoms with Crippen LogP contribution in [0.1, 0.15) is 74.9 Å². The van der Waals surface area contributed by atoms with Crippen molar-refractivity contribution in [3.63, 3.8) is 0 Å². The van der Waals surface area contributed by atoms with Gasteiger partial charge in [-0.15, -0.1) is 0 Å². The molecule has 0 heteroatoms. The van der Waals surface area contributed by atoms with Gasteiger partial charge in [0.2, 0.25) is 0 Å². The molecule has 0 aliphatic rings. The zero-order valence-corrected chi connectivity index (χ0v) is 15.6. The zero-order chi connectivity index (χ0) is 17.5. The SMILES string of the molecule is C.C.C.C.CC.CCC.Cc1cccc2ccccc12.Cc1ccccc1. The molecule has 27 heavy (non-hydrogen) atoms. The van der Waals surface area contributed by atoms with Crippen molar-refractivity contribution in [3.8, 4) is 0 Å². The molecule has 0 amide bonds. The summed E-state index contributed by atoms with van der Waals surface area (Å²) in [5, 5.41) is 2.68. The predicted octanol–water partition coefficient (Wildman–Crippen LogP) is 10.1. The average molecular weight is 373 g/mol. The Labute approximate surface area is 172 Å². The monoisotopic (exact) mass is 372 g/mol. The van der Waals surface area contributed by atoms with Gasteiger partial charge in [0, 0.05) is 0 Å². The van der Waals surface area contributed by atoms with Gasteiger partial charge in [-0.05, 0) is 30.2 Å². The van der Waals surface area contributed by atoms with Crippen molar-refractivity contribution in [2.45, 2.75) is 77.7 Å². The van der Waals surface area contributed by atoms with Crippen molar-refractivity contribution in [1.29, 1.82) is 0 Å². The van der Waals surface area contributed by atoms with Crippen molar-refractivity contribution >= 4 is 10.8 Å². The van der Waals surface area contributed by atoms with Crippen molar-refractivity contribution in [2.24, 2.45) is 0 Å². The Balaban J connectivity index is -0.0000000897. The van der Waals surface area contributed by atoms with Gasteiger partial charge in [0.25, 0.3) is 0 Å². The molecule has 0 heterocycles. The largest absolute Gasteiger partial charge is 0.0776 e. The van der Waals surface area contributed by atoms with E-state index < -0.39 is 0 Å². The number of benzene rings is 3. The number of hydrogen-bond acceptors (Lipinski definition) is 0. The maximum absolute atomic E-state index is 2.16. The second-order valence-electron chi connectivity index (χ2n) is 5.16. The zero-order valence-electron chi connectivity index (χ0n) is 15.6. The first kappa shape index (κ1) is 35.9. The lowest BCUT2D eigenvalue weighted by Gasteiger charge is -1.98. The van der Waals surface area contributed by atoms with Gasteiger partial charge in [0.05, 0.1) is 0 Å². The van der Waals surface area contributed by atoms with Gasteiger partial charge in [-0.3, -0.25) is 0 Å². The number of fused-ring (bicyclic) bond motifs is 1. The van der Waals surface area contributed by atoms with E-state index in [0.717, 1.165) is 0 Å². The molecule has 156 valence electrons. The lowest BCUT2D eigenvalue weighted by molar-refractivity contribution is 1.09. The second-order valence-corrected chi connectivity index (χ2v) is 5.16. The van der Waals surface area contributed by atoms with Gasteiger partial charge in [-0.2, -0.15) is 0 Å². The third-order valence-electron chi connectivity index (χ3n) is 2.95. The Bertz CT molecular complexity index is 618. The Hall–Kier alpha value is -2.08. The Morgan fingerprint density at radius 3 is 1.37 bits per heavy atom. The van der Waals surface area contributed by atoms with E-state index in [2.05, 4.69) is 82.3 Å². The minimum absolute atomic E-state index is 0. The van der Waals surface area contributed by atoms with Crippen LogP contribution < -0.4 is 0 Å². The van der Waals surface area contributed by atoms with E-state index in [1.54, 1.807) is 0 Å². The first-order valence-corrected chi connectivity index (χ1v) is 8.65. The molecule has 3 aromatic carbocycles. The van der Waals surface area contributed by atoms with Gasteiger partial charge < -0.3 is 0 Å². The smallest absolute Gasteiger partial charge is 0.0155 e. The molecule has 0 saturated carbocycles.